The number of benzene rings is 1. The molecule has 1 aromatic carbocycles. The second kappa shape index (κ2) is 23.5. The van der Waals surface area contributed by atoms with Gasteiger partial charge in [0.05, 0.1) is 83.2 Å². The van der Waals surface area contributed by atoms with E-state index in [1.54, 1.807) is 7.05 Å². The van der Waals surface area contributed by atoms with Gasteiger partial charge >= 0.3 is 5.97 Å². The zero-order chi connectivity index (χ0) is 42.2. The number of pyridine rings is 1. The maximum atomic E-state index is 15.5. The third-order valence-corrected chi connectivity index (χ3v) is 9.33. The van der Waals surface area contributed by atoms with E-state index in [4.69, 9.17) is 23.7 Å². The highest BCUT2D eigenvalue weighted by molar-refractivity contribution is 5.94. The molecule has 0 radical (unpaired) electrons. The summed E-state index contributed by atoms with van der Waals surface area (Å²) in [5.74, 6) is -4.94. The van der Waals surface area contributed by atoms with Crippen LogP contribution < -0.4 is 21.0 Å². The lowest BCUT2D eigenvalue weighted by atomic mass is 10.1. The number of carbonyl (C=O) groups is 2. The first kappa shape index (κ1) is 46.5. The number of rotatable bonds is 23. The van der Waals surface area contributed by atoms with Crippen molar-refractivity contribution in [3.05, 3.63) is 51.3 Å². The van der Waals surface area contributed by atoms with Crippen molar-refractivity contribution >= 4 is 28.5 Å². The molecule has 0 bridgehead atoms. The number of anilines is 1. The fourth-order valence-electron chi connectivity index (χ4n) is 6.31. The number of nitrogens with zero attached hydrogens (tertiary/aromatic N) is 5. The van der Waals surface area contributed by atoms with Gasteiger partial charge < -0.3 is 48.9 Å². The molecule has 3 heterocycles. The predicted molar refractivity (Wildman–Crippen MR) is 209 cm³/mol. The predicted octanol–water partition coefficient (Wildman–Crippen LogP) is 3.68. The lowest BCUT2D eigenvalue weighted by molar-refractivity contribution is -0.121. The highest BCUT2D eigenvalue weighted by Crippen LogP contribution is 2.40. The van der Waals surface area contributed by atoms with Crippen LogP contribution in [0.15, 0.2) is 17.2 Å². The molecule has 1 aliphatic heterocycles. The van der Waals surface area contributed by atoms with E-state index >= 15 is 4.39 Å². The van der Waals surface area contributed by atoms with Gasteiger partial charge in [-0.05, 0) is 39.0 Å². The monoisotopic (exact) mass is 825 g/mol. The number of aryl methyl sites for hydroxylation is 1. The molecule has 2 fully saturated rings. The summed E-state index contributed by atoms with van der Waals surface area (Å²) in [6.45, 7) is 14.3. The van der Waals surface area contributed by atoms with Crippen LogP contribution in [0.3, 0.4) is 0 Å². The number of aromatic carboxylic acids is 1. The standard InChI is InChI=1S/C20H38N4O6.C19H20F3N3O3/c1-18(2)4-6-24-16-19(22-23-24)17-30-15-14-29-13-12-28-11-10-27-9-8-26-7-5-20(25)21-3;1-8-5-24(6-9(2)23-8)17-14(21)13(20)12-16(15(17)22)25(10-3-4-10)7-11(18(12)26)19(27)28/h16,18H,4-15,17H2,1-3H3,(H,21,25);7-10,23H,3-6H2,1-2H3,(H,27,28)/t;8-,9+. The van der Waals surface area contributed by atoms with Crippen LogP contribution in [-0.4, -0.2) is 128 Å². The Kier molecular flexibility index (Phi) is 18.8. The molecule has 1 saturated carbocycles. The Morgan fingerprint density at radius 2 is 1.45 bits per heavy atom. The molecule has 0 spiro atoms. The summed E-state index contributed by atoms with van der Waals surface area (Å²) < 4.78 is 75.6. The van der Waals surface area contributed by atoms with E-state index in [-0.39, 0.29) is 42.6 Å². The van der Waals surface area contributed by atoms with Crippen LogP contribution in [-0.2, 0) is 41.6 Å². The van der Waals surface area contributed by atoms with E-state index in [1.165, 1.54) is 9.47 Å². The number of amides is 1. The topological polar surface area (TPSA) is 181 Å². The van der Waals surface area contributed by atoms with E-state index in [2.05, 4.69) is 34.8 Å². The Hall–Kier alpha value is -4.14. The minimum Gasteiger partial charge on any atom is -0.477 e. The Bertz CT molecular complexity index is 1830. The average Bonchev–Trinajstić information content (AvgIpc) is 3.93. The van der Waals surface area contributed by atoms with Crippen LogP contribution in [0.4, 0.5) is 18.9 Å². The van der Waals surface area contributed by atoms with E-state index in [1.807, 2.05) is 24.7 Å². The smallest absolute Gasteiger partial charge is 0.341 e. The van der Waals surface area contributed by atoms with Gasteiger partial charge in [-0.3, -0.25) is 14.3 Å². The number of aromatic nitrogens is 4. The van der Waals surface area contributed by atoms with Crippen molar-refractivity contribution in [1.82, 2.24) is 30.2 Å². The molecule has 3 N–H and O–H groups in total. The number of nitrogens with one attached hydrogen (secondary N) is 2. The quantitative estimate of drug-likeness (QED) is 0.0932. The third-order valence-electron chi connectivity index (χ3n) is 9.33. The van der Waals surface area contributed by atoms with Gasteiger partial charge in [0.25, 0.3) is 0 Å². The number of fused-ring (bicyclic) bond motifs is 1. The van der Waals surface area contributed by atoms with Crippen LogP contribution in [0.2, 0.25) is 0 Å². The summed E-state index contributed by atoms with van der Waals surface area (Å²) in [5, 5.41) is 22.4. The van der Waals surface area contributed by atoms with Crippen molar-refractivity contribution in [2.75, 3.05) is 84.5 Å². The van der Waals surface area contributed by atoms with E-state index in [0.29, 0.717) is 91.2 Å². The third kappa shape index (κ3) is 14.0. The lowest BCUT2D eigenvalue weighted by Crippen LogP contribution is -2.54. The molecule has 19 heteroatoms. The number of hydrogen-bond donors (Lipinski definition) is 3. The van der Waals surface area contributed by atoms with Gasteiger partial charge in [-0.15, -0.1) is 5.10 Å². The Morgan fingerprint density at radius 1 is 0.879 bits per heavy atom. The van der Waals surface area contributed by atoms with E-state index < -0.39 is 45.5 Å². The average molecular weight is 826 g/mol. The molecule has 324 valence electrons. The number of hydrogen-bond acceptors (Lipinski definition) is 12. The van der Waals surface area contributed by atoms with Gasteiger partial charge in [0, 0.05) is 57.4 Å². The SMILES string of the molecule is CNC(=O)CCOCCOCCOCCOCCOCc1cn(CCC(C)C)nn1.C[C@@H]1CN(c2c(F)c(F)c3c(=O)c(C(=O)O)cn(C4CC4)c3c2F)C[C@H](C)N1. The molecule has 1 aliphatic carbocycles. The highest BCUT2D eigenvalue weighted by Gasteiger charge is 2.35. The highest BCUT2D eigenvalue weighted by atomic mass is 19.2. The Balaban J connectivity index is 0.000000257. The fraction of sp³-hybridized carbons (Fsp3) is 0.667. The van der Waals surface area contributed by atoms with Crippen LogP contribution in [0.1, 0.15) is 75.5 Å². The van der Waals surface area contributed by atoms with Gasteiger partial charge in [-0.1, -0.05) is 19.1 Å². The molecule has 1 saturated heterocycles. The molecule has 2 aromatic heterocycles. The molecular weight excluding hydrogens is 767 g/mol. The summed E-state index contributed by atoms with van der Waals surface area (Å²) in [6, 6.07) is -0.378. The van der Waals surface area contributed by atoms with Crippen LogP contribution in [0.25, 0.3) is 10.9 Å². The lowest BCUT2D eigenvalue weighted by Gasteiger charge is -2.38. The molecule has 2 aliphatic rings. The van der Waals surface area contributed by atoms with Crippen molar-refractivity contribution in [2.24, 2.45) is 5.92 Å². The first-order chi connectivity index (χ1) is 27.8. The Morgan fingerprint density at radius 3 is 1.98 bits per heavy atom. The van der Waals surface area contributed by atoms with Gasteiger partial charge in [0.1, 0.15) is 16.9 Å². The van der Waals surface area contributed by atoms with Crippen LogP contribution in [0.5, 0.6) is 0 Å². The molecule has 5 rings (SSSR count). The summed E-state index contributed by atoms with van der Waals surface area (Å²) in [5.41, 5.74) is -1.97. The molecule has 1 amide bonds. The minimum atomic E-state index is -1.56. The molecular formula is C39H58F3N7O9. The van der Waals surface area contributed by atoms with Crippen LogP contribution in [0, 0.1) is 23.4 Å². The van der Waals surface area contributed by atoms with Crippen molar-refractivity contribution < 1.29 is 51.6 Å². The normalized spacial score (nSPS) is 16.8. The molecule has 3 aromatic rings. The number of carbonyl (C=O) groups excluding carboxylic acids is 1. The van der Waals surface area contributed by atoms with Gasteiger partial charge in [-0.25, -0.2) is 18.0 Å². The number of carboxylic acid groups (broad SMARTS) is 1. The zero-order valence-corrected chi connectivity index (χ0v) is 34.1. The maximum absolute atomic E-state index is 15.5. The van der Waals surface area contributed by atoms with Gasteiger partial charge in [-0.2, -0.15) is 0 Å². The van der Waals surface area contributed by atoms with Crippen molar-refractivity contribution in [1.29, 1.82) is 0 Å². The number of ether oxygens (including phenoxy) is 5. The number of carboxylic acids is 1. The summed E-state index contributed by atoms with van der Waals surface area (Å²) >= 11 is 0. The fourth-order valence-corrected chi connectivity index (χ4v) is 6.31. The second-order valence-electron chi connectivity index (χ2n) is 14.8. The number of piperazine rings is 1. The Labute approximate surface area is 336 Å². The van der Waals surface area contributed by atoms with Crippen molar-refractivity contribution in [2.45, 2.75) is 84.7 Å². The van der Waals surface area contributed by atoms with Crippen molar-refractivity contribution in [3.63, 3.8) is 0 Å². The maximum Gasteiger partial charge on any atom is 0.341 e. The number of halogens is 3. The summed E-state index contributed by atoms with van der Waals surface area (Å²) in [7, 11) is 1.61. The van der Waals surface area contributed by atoms with Gasteiger partial charge in [0.15, 0.2) is 17.5 Å². The van der Waals surface area contributed by atoms with Crippen LogP contribution >= 0.6 is 0 Å². The largest absolute Gasteiger partial charge is 0.477 e. The summed E-state index contributed by atoms with van der Waals surface area (Å²) in [4.78, 5) is 36.3. The van der Waals surface area contributed by atoms with Gasteiger partial charge in [0.2, 0.25) is 11.3 Å². The van der Waals surface area contributed by atoms with E-state index in [0.717, 1.165) is 24.9 Å². The van der Waals surface area contributed by atoms with E-state index in [9.17, 15) is 28.3 Å². The minimum absolute atomic E-state index is 0.0281. The molecule has 16 nitrogen and oxygen atoms in total. The first-order valence-electron chi connectivity index (χ1n) is 19.8. The molecule has 2 atom stereocenters. The summed E-state index contributed by atoms with van der Waals surface area (Å²) in [6.07, 6.45) is 5.71. The first-order valence-corrected chi connectivity index (χ1v) is 19.8. The van der Waals surface area contributed by atoms with Crippen molar-refractivity contribution in [3.8, 4) is 0 Å². The second-order valence-corrected chi connectivity index (χ2v) is 14.8. The zero-order valence-electron chi connectivity index (χ0n) is 34.1. The molecule has 0 unspecified atom stereocenters. The molecule has 58 heavy (non-hydrogen) atoms.